The SMILES string of the molecule is NNc1ncccc1S(=O)(=O)NC1CC2CCC1O2. The summed E-state index contributed by atoms with van der Waals surface area (Å²) in [6.07, 6.45) is 4.33. The van der Waals surface area contributed by atoms with E-state index in [1.807, 2.05) is 0 Å². The van der Waals surface area contributed by atoms with Crippen LogP contribution in [-0.4, -0.2) is 31.7 Å². The van der Waals surface area contributed by atoms with E-state index in [2.05, 4.69) is 15.1 Å². The maximum Gasteiger partial charge on any atom is 0.244 e. The van der Waals surface area contributed by atoms with Gasteiger partial charge < -0.3 is 10.2 Å². The smallest absolute Gasteiger partial charge is 0.244 e. The van der Waals surface area contributed by atoms with Crippen molar-refractivity contribution in [1.82, 2.24) is 9.71 Å². The van der Waals surface area contributed by atoms with Crippen molar-refractivity contribution in [1.29, 1.82) is 0 Å². The zero-order chi connectivity index (χ0) is 13.5. The summed E-state index contributed by atoms with van der Waals surface area (Å²) < 4.78 is 33.0. The lowest BCUT2D eigenvalue weighted by atomic mass is 9.96. The molecule has 0 amide bonds. The third kappa shape index (κ3) is 2.32. The Kier molecular flexibility index (Phi) is 3.17. The number of nitrogens with zero attached hydrogens (tertiary/aromatic N) is 1. The number of rotatable bonds is 4. The standard InChI is InChI=1S/C11H16N4O3S/c12-14-11-10(2-1-5-13-11)19(16,17)15-8-6-7-3-4-9(8)18-7/h1-2,5,7-9,15H,3-4,6,12H2,(H,13,14). The van der Waals surface area contributed by atoms with E-state index in [9.17, 15) is 8.42 Å². The molecule has 4 N–H and O–H groups in total. The van der Waals surface area contributed by atoms with Crippen molar-refractivity contribution in [3.05, 3.63) is 18.3 Å². The van der Waals surface area contributed by atoms with Crippen LogP contribution in [0.25, 0.3) is 0 Å². The van der Waals surface area contributed by atoms with Gasteiger partial charge in [-0.1, -0.05) is 0 Å². The molecule has 1 aromatic heterocycles. The molecular formula is C11H16N4O3S. The summed E-state index contributed by atoms with van der Waals surface area (Å²) in [6.45, 7) is 0. The second-order valence-corrected chi connectivity index (χ2v) is 6.51. The summed E-state index contributed by atoms with van der Waals surface area (Å²) in [7, 11) is -3.64. The molecule has 2 aliphatic rings. The summed E-state index contributed by atoms with van der Waals surface area (Å²) in [5, 5.41) is 0. The van der Waals surface area contributed by atoms with Gasteiger partial charge in [0.2, 0.25) is 10.0 Å². The van der Waals surface area contributed by atoms with Crippen molar-refractivity contribution in [2.75, 3.05) is 5.43 Å². The lowest BCUT2D eigenvalue weighted by molar-refractivity contribution is 0.0996. The van der Waals surface area contributed by atoms with Crippen molar-refractivity contribution in [3.63, 3.8) is 0 Å². The number of ether oxygens (including phenoxy) is 1. The van der Waals surface area contributed by atoms with Crippen molar-refractivity contribution >= 4 is 15.8 Å². The highest BCUT2D eigenvalue weighted by Crippen LogP contribution is 2.35. The van der Waals surface area contributed by atoms with E-state index >= 15 is 0 Å². The van der Waals surface area contributed by atoms with Gasteiger partial charge in [-0.05, 0) is 31.4 Å². The summed E-state index contributed by atoms with van der Waals surface area (Å²) in [5.74, 6) is 5.42. The van der Waals surface area contributed by atoms with Crippen LogP contribution in [0.1, 0.15) is 19.3 Å². The number of pyridine rings is 1. The van der Waals surface area contributed by atoms with Crippen LogP contribution in [0.4, 0.5) is 5.82 Å². The van der Waals surface area contributed by atoms with Gasteiger partial charge in [-0.3, -0.25) is 0 Å². The van der Waals surface area contributed by atoms with Crippen LogP contribution in [0.2, 0.25) is 0 Å². The largest absolute Gasteiger partial charge is 0.373 e. The minimum atomic E-state index is -3.64. The molecule has 19 heavy (non-hydrogen) atoms. The fourth-order valence-electron chi connectivity index (χ4n) is 2.74. The van der Waals surface area contributed by atoms with Crippen molar-refractivity contribution < 1.29 is 13.2 Å². The molecule has 3 rings (SSSR count). The molecule has 0 spiro atoms. The first-order valence-electron chi connectivity index (χ1n) is 6.19. The van der Waals surface area contributed by atoms with E-state index in [0.717, 1.165) is 19.3 Å². The predicted octanol–water partition coefficient (Wildman–Crippen LogP) is -0.0346. The lowest BCUT2D eigenvalue weighted by Gasteiger charge is -2.20. The fraction of sp³-hybridized carbons (Fsp3) is 0.545. The summed E-state index contributed by atoms with van der Waals surface area (Å²) in [5.41, 5.74) is 2.30. The molecule has 0 aromatic carbocycles. The molecule has 2 fully saturated rings. The van der Waals surface area contributed by atoms with Gasteiger partial charge in [-0.2, -0.15) is 0 Å². The Morgan fingerprint density at radius 2 is 2.26 bits per heavy atom. The van der Waals surface area contributed by atoms with E-state index in [1.54, 1.807) is 6.07 Å². The minimum Gasteiger partial charge on any atom is -0.373 e. The van der Waals surface area contributed by atoms with E-state index < -0.39 is 10.0 Å². The quantitative estimate of drug-likeness (QED) is 0.529. The van der Waals surface area contributed by atoms with Crippen LogP contribution in [0, 0.1) is 0 Å². The average molecular weight is 284 g/mol. The van der Waals surface area contributed by atoms with Gasteiger partial charge in [-0.15, -0.1) is 0 Å². The number of hydrazine groups is 1. The summed E-state index contributed by atoms with van der Waals surface area (Å²) >= 11 is 0. The Bertz CT molecular complexity index is 577. The Morgan fingerprint density at radius 3 is 2.89 bits per heavy atom. The molecule has 0 saturated carbocycles. The minimum absolute atomic E-state index is 0.00858. The maximum atomic E-state index is 12.3. The number of nitrogen functional groups attached to an aromatic ring is 1. The highest BCUT2D eigenvalue weighted by atomic mass is 32.2. The first-order chi connectivity index (χ1) is 9.10. The summed E-state index contributed by atoms with van der Waals surface area (Å²) in [4.78, 5) is 3.96. The first-order valence-corrected chi connectivity index (χ1v) is 7.68. The molecule has 1 aromatic rings. The van der Waals surface area contributed by atoms with Crippen LogP contribution < -0.4 is 16.0 Å². The molecule has 8 heteroatoms. The Hall–Kier alpha value is -1.22. The molecule has 7 nitrogen and oxygen atoms in total. The first kappa shape index (κ1) is 12.8. The lowest BCUT2D eigenvalue weighted by Crippen LogP contribution is -2.41. The Labute approximate surface area is 111 Å². The number of nitrogens with one attached hydrogen (secondary N) is 2. The normalized spacial score (nSPS) is 29.6. The van der Waals surface area contributed by atoms with Gasteiger partial charge in [0.05, 0.1) is 18.2 Å². The molecule has 2 bridgehead atoms. The van der Waals surface area contributed by atoms with Crippen LogP contribution >= 0.6 is 0 Å². The number of aromatic nitrogens is 1. The van der Waals surface area contributed by atoms with Crippen molar-refractivity contribution in [3.8, 4) is 0 Å². The monoisotopic (exact) mass is 284 g/mol. The third-order valence-corrected chi connectivity index (χ3v) is 5.13. The van der Waals surface area contributed by atoms with Gasteiger partial charge >= 0.3 is 0 Å². The van der Waals surface area contributed by atoms with Crippen LogP contribution in [-0.2, 0) is 14.8 Å². The molecule has 2 aliphatic heterocycles. The van der Waals surface area contributed by atoms with Gasteiger partial charge in [0, 0.05) is 6.20 Å². The molecule has 3 atom stereocenters. The average Bonchev–Trinajstić information content (AvgIpc) is 3.00. The van der Waals surface area contributed by atoms with Gasteiger partial charge in [-0.25, -0.2) is 24.0 Å². The number of hydrogen-bond acceptors (Lipinski definition) is 6. The second-order valence-electron chi connectivity index (χ2n) is 4.83. The number of hydrogen-bond donors (Lipinski definition) is 3. The molecule has 2 saturated heterocycles. The highest BCUT2D eigenvalue weighted by Gasteiger charge is 2.42. The predicted molar refractivity (Wildman–Crippen MR) is 68.7 cm³/mol. The zero-order valence-corrected chi connectivity index (χ0v) is 11.1. The van der Waals surface area contributed by atoms with Gasteiger partial charge in [0.15, 0.2) is 5.82 Å². The van der Waals surface area contributed by atoms with Gasteiger partial charge in [0.1, 0.15) is 4.90 Å². The second kappa shape index (κ2) is 4.71. The number of fused-ring (bicyclic) bond motifs is 2. The molecule has 0 radical (unpaired) electrons. The summed E-state index contributed by atoms with van der Waals surface area (Å²) in [6, 6.07) is 2.88. The topological polar surface area (TPSA) is 106 Å². The van der Waals surface area contributed by atoms with E-state index in [0.29, 0.717) is 0 Å². The maximum absolute atomic E-state index is 12.3. The van der Waals surface area contributed by atoms with E-state index in [-0.39, 0.29) is 29.0 Å². The molecule has 3 heterocycles. The van der Waals surface area contributed by atoms with Crippen molar-refractivity contribution in [2.45, 2.75) is 42.4 Å². The molecule has 0 aliphatic carbocycles. The fourth-order valence-corrected chi connectivity index (χ4v) is 4.14. The van der Waals surface area contributed by atoms with E-state index in [1.165, 1.54) is 12.3 Å². The van der Waals surface area contributed by atoms with Crippen LogP contribution in [0.5, 0.6) is 0 Å². The molecular weight excluding hydrogens is 268 g/mol. The van der Waals surface area contributed by atoms with Crippen LogP contribution in [0.15, 0.2) is 23.2 Å². The molecule has 104 valence electrons. The van der Waals surface area contributed by atoms with Gasteiger partial charge in [0.25, 0.3) is 0 Å². The highest BCUT2D eigenvalue weighted by molar-refractivity contribution is 7.89. The Morgan fingerprint density at radius 1 is 1.42 bits per heavy atom. The number of anilines is 1. The zero-order valence-electron chi connectivity index (χ0n) is 10.2. The Balaban J connectivity index is 1.83. The van der Waals surface area contributed by atoms with E-state index in [4.69, 9.17) is 10.6 Å². The molecule has 3 unspecified atom stereocenters. The van der Waals surface area contributed by atoms with Crippen molar-refractivity contribution in [2.24, 2.45) is 5.84 Å². The van der Waals surface area contributed by atoms with Crippen LogP contribution in [0.3, 0.4) is 0 Å². The number of sulfonamides is 1. The third-order valence-electron chi connectivity index (χ3n) is 3.61. The number of nitrogens with two attached hydrogens (primary N) is 1.